The molecule has 2 nitrogen and oxygen atoms in total. The molecule has 0 radical (unpaired) electrons. The molecule has 0 spiro atoms. The molecule has 0 aromatic heterocycles. The van der Waals surface area contributed by atoms with Gasteiger partial charge in [-0.25, -0.2) is 0 Å². The van der Waals surface area contributed by atoms with Crippen molar-refractivity contribution in [2.45, 2.75) is 37.4 Å². The molecule has 2 atom stereocenters. The van der Waals surface area contributed by atoms with Crippen LogP contribution in [0.25, 0.3) is 0 Å². The average Bonchev–Trinajstić information content (AvgIpc) is 3.04. The molecule has 2 fully saturated rings. The number of benzene rings is 1. The van der Waals surface area contributed by atoms with E-state index in [1.54, 1.807) is 7.11 Å². The van der Waals surface area contributed by atoms with Crippen LogP contribution in [-0.4, -0.2) is 13.2 Å². The van der Waals surface area contributed by atoms with Gasteiger partial charge in [-0.2, -0.15) is 0 Å². The molecule has 0 bridgehead atoms. The first-order valence-electron chi connectivity index (χ1n) is 5.78. The van der Waals surface area contributed by atoms with E-state index in [0.29, 0.717) is 6.10 Å². The van der Waals surface area contributed by atoms with Crippen LogP contribution in [0, 0.1) is 0 Å². The van der Waals surface area contributed by atoms with Crippen molar-refractivity contribution in [3.05, 3.63) is 28.8 Å². The monoisotopic (exact) mass is 238 g/mol. The molecule has 3 heteroatoms. The third-order valence-corrected chi connectivity index (χ3v) is 3.93. The van der Waals surface area contributed by atoms with E-state index in [-0.39, 0.29) is 5.60 Å². The van der Waals surface area contributed by atoms with Crippen LogP contribution in [0.2, 0.25) is 5.02 Å². The first kappa shape index (κ1) is 10.4. The first-order valence-corrected chi connectivity index (χ1v) is 6.16. The van der Waals surface area contributed by atoms with Gasteiger partial charge in [0.05, 0.1) is 13.2 Å². The maximum Gasteiger partial charge on any atom is 0.125 e. The molecule has 1 saturated heterocycles. The summed E-state index contributed by atoms with van der Waals surface area (Å²) in [5, 5.41) is 0.755. The zero-order valence-electron chi connectivity index (χ0n) is 9.33. The highest BCUT2D eigenvalue weighted by molar-refractivity contribution is 6.30. The first-order chi connectivity index (χ1) is 7.76. The maximum atomic E-state index is 6.06. The summed E-state index contributed by atoms with van der Waals surface area (Å²) >= 11 is 6.06. The molecule has 0 N–H and O–H groups in total. The summed E-state index contributed by atoms with van der Waals surface area (Å²) in [4.78, 5) is 0. The second kappa shape index (κ2) is 3.64. The molecule has 0 amide bonds. The van der Waals surface area contributed by atoms with E-state index in [1.807, 2.05) is 18.2 Å². The summed E-state index contributed by atoms with van der Waals surface area (Å²) in [6, 6.07) is 5.78. The highest BCUT2D eigenvalue weighted by atomic mass is 35.5. The summed E-state index contributed by atoms with van der Waals surface area (Å²) in [5.41, 5.74) is 1.04. The Morgan fingerprint density at radius 2 is 2.31 bits per heavy atom. The third kappa shape index (κ3) is 1.44. The summed E-state index contributed by atoms with van der Waals surface area (Å²) in [7, 11) is 1.70. The second-order valence-electron chi connectivity index (χ2n) is 4.59. The minimum atomic E-state index is -0.0888. The Bertz CT molecular complexity index is 418. The molecule has 1 saturated carbocycles. The number of hydrogen-bond acceptors (Lipinski definition) is 2. The van der Waals surface area contributed by atoms with Gasteiger partial charge in [0, 0.05) is 10.6 Å². The molecule has 1 aromatic rings. The van der Waals surface area contributed by atoms with Crippen molar-refractivity contribution in [2.24, 2.45) is 0 Å². The Morgan fingerprint density at radius 3 is 3.06 bits per heavy atom. The largest absolute Gasteiger partial charge is 0.496 e. The van der Waals surface area contributed by atoms with E-state index < -0.39 is 0 Å². The van der Waals surface area contributed by atoms with E-state index in [0.717, 1.165) is 29.2 Å². The van der Waals surface area contributed by atoms with Crippen LogP contribution in [0.1, 0.15) is 31.2 Å². The lowest BCUT2D eigenvalue weighted by Crippen LogP contribution is -2.18. The lowest BCUT2D eigenvalue weighted by molar-refractivity contribution is 0.280. The number of rotatable bonds is 2. The topological polar surface area (TPSA) is 21.8 Å². The smallest absolute Gasteiger partial charge is 0.125 e. The van der Waals surface area contributed by atoms with Crippen molar-refractivity contribution in [3.63, 3.8) is 0 Å². The molecule has 16 heavy (non-hydrogen) atoms. The highest BCUT2D eigenvalue weighted by Gasteiger charge is 2.59. The number of halogens is 1. The van der Waals surface area contributed by atoms with E-state index >= 15 is 0 Å². The third-order valence-electron chi connectivity index (χ3n) is 3.70. The minimum Gasteiger partial charge on any atom is -0.496 e. The SMILES string of the molecule is COc1ccc(Cl)cc1[C@]12CCCC[C@@H]1O2. The van der Waals surface area contributed by atoms with Gasteiger partial charge in [-0.15, -0.1) is 0 Å². The molecule has 1 aliphatic heterocycles. The van der Waals surface area contributed by atoms with Gasteiger partial charge in [-0.05, 0) is 31.0 Å². The average molecular weight is 239 g/mol. The van der Waals surface area contributed by atoms with Crippen LogP contribution in [0.15, 0.2) is 18.2 Å². The quantitative estimate of drug-likeness (QED) is 0.736. The Kier molecular flexibility index (Phi) is 2.37. The molecule has 86 valence electrons. The van der Waals surface area contributed by atoms with E-state index in [4.69, 9.17) is 21.1 Å². The summed E-state index contributed by atoms with van der Waals surface area (Å²) in [6.07, 6.45) is 5.14. The van der Waals surface area contributed by atoms with Crippen molar-refractivity contribution in [1.29, 1.82) is 0 Å². The maximum absolute atomic E-state index is 6.06. The predicted octanol–water partition coefficient (Wildman–Crippen LogP) is 3.52. The Hall–Kier alpha value is -0.730. The van der Waals surface area contributed by atoms with E-state index in [2.05, 4.69) is 0 Å². The standard InChI is InChI=1S/C13H15ClO2/c1-15-11-6-5-9(14)8-10(11)13-7-3-2-4-12(13)16-13/h5-6,8,12H,2-4,7H2,1H3/t12-,13+/m0/s1. The fourth-order valence-electron chi connectivity index (χ4n) is 2.83. The summed E-state index contributed by atoms with van der Waals surface area (Å²) < 4.78 is 11.3. The van der Waals surface area contributed by atoms with Gasteiger partial charge in [0.15, 0.2) is 0 Å². The van der Waals surface area contributed by atoms with Gasteiger partial charge < -0.3 is 9.47 Å². The zero-order valence-corrected chi connectivity index (χ0v) is 10.1. The van der Waals surface area contributed by atoms with Crippen molar-refractivity contribution in [3.8, 4) is 5.75 Å². The van der Waals surface area contributed by atoms with Gasteiger partial charge in [0.2, 0.25) is 0 Å². The molecule has 0 unspecified atom stereocenters. The number of hydrogen-bond donors (Lipinski definition) is 0. The lowest BCUT2D eigenvalue weighted by atomic mass is 9.83. The zero-order chi connectivity index (χ0) is 11.2. The molecule has 1 aliphatic carbocycles. The van der Waals surface area contributed by atoms with Crippen molar-refractivity contribution in [2.75, 3.05) is 7.11 Å². The molecular formula is C13H15ClO2. The van der Waals surface area contributed by atoms with E-state index in [1.165, 1.54) is 12.8 Å². The van der Waals surface area contributed by atoms with Crippen LogP contribution in [0.4, 0.5) is 0 Å². The second-order valence-corrected chi connectivity index (χ2v) is 5.02. The molecule has 1 aromatic carbocycles. The summed E-state index contributed by atoms with van der Waals surface area (Å²) in [6.45, 7) is 0. The predicted molar refractivity (Wildman–Crippen MR) is 63.0 cm³/mol. The van der Waals surface area contributed by atoms with Crippen molar-refractivity contribution >= 4 is 11.6 Å². The lowest BCUT2D eigenvalue weighted by Gasteiger charge is -2.20. The molecule has 3 rings (SSSR count). The Labute approximate surface area is 101 Å². The van der Waals surface area contributed by atoms with Gasteiger partial charge >= 0.3 is 0 Å². The number of epoxide rings is 1. The highest BCUT2D eigenvalue weighted by Crippen LogP contribution is 2.57. The number of fused-ring (bicyclic) bond motifs is 1. The fraction of sp³-hybridized carbons (Fsp3) is 0.538. The normalized spacial score (nSPS) is 32.0. The van der Waals surface area contributed by atoms with Crippen molar-refractivity contribution < 1.29 is 9.47 Å². The Morgan fingerprint density at radius 1 is 1.44 bits per heavy atom. The van der Waals surface area contributed by atoms with Gasteiger partial charge in [0.1, 0.15) is 11.4 Å². The van der Waals surface area contributed by atoms with Gasteiger partial charge in [0.25, 0.3) is 0 Å². The van der Waals surface area contributed by atoms with Gasteiger partial charge in [-0.3, -0.25) is 0 Å². The molecule has 2 aliphatic rings. The number of methoxy groups -OCH3 is 1. The Balaban J connectivity index is 2.02. The van der Waals surface area contributed by atoms with Gasteiger partial charge in [-0.1, -0.05) is 24.4 Å². The van der Waals surface area contributed by atoms with Crippen LogP contribution >= 0.6 is 11.6 Å². The molecular weight excluding hydrogens is 224 g/mol. The van der Waals surface area contributed by atoms with Crippen molar-refractivity contribution in [1.82, 2.24) is 0 Å². The van der Waals surface area contributed by atoms with Crippen LogP contribution in [0.5, 0.6) is 5.75 Å². The van der Waals surface area contributed by atoms with Crippen LogP contribution in [0.3, 0.4) is 0 Å². The van der Waals surface area contributed by atoms with E-state index in [9.17, 15) is 0 Å². The number of ether oxygens (including phenoxy) is 2. The van der Waals surface area contributed by atoms with Crippen LogP contribution in [-0.2, 0) is 10.3 Å². The summed E-state index contributed by atoms with van der Waals surface area (Å²) in [5.74, 6) is 0.897. The fourth-order valence-corrected chi connectivity index (χ4v) is 3.00. The minimum absolute atomic E-state index is 0.0888. The molecule has 1 heterocycles. The van der Waals surface area contributed by atoms with Crippen LogP contribution < -0.4 is 4.74 Å².